The molecule has 1 fully saturated rings. The number of benzene rings is 1. The Hall–Kier alpha value is -1.26. The van der Waals surface area contributed by atoms with E-state index in [-0.39, 0.29) is 29.1 Å². The lowest BCUT2D eigenvalue weighted by atomic mass is 9.78. The minimum absolute atomic E-state index is 0.148. The van der Waals surface area contributed by atoms with Crippen LogP contribution in [0.2, 0.25) is 10.0 Å². The molecule has 0 heterocycles. The zero-order valence-corrected chi connectivity index (χ0v) is 14.8. The number of hydrogen-bond donors (Lipinski definition) is 1. The minimum atomic E-state index is -0.594. The third kappa shape index (κ3) is 4.85. The number of halogens is 2. The number of esters is 1. The molecule has 1 aliphatic rings. The minimum Gasteiger partial charge on any atom is -0.452 e. The molecule has 1 N–H and O–H groups in total. The number of ether oxygens (including phenoxy) is 1. The summed E-state index contributed by atoms with van der Waals surface area (Å²) in [6.45, 7) is 4.06. The molecule has 6 heteroatoms. The maximum Gasteiger partial charge on any atom is 0.338 e. The highest BCUT2D eigenvalue weighted by atomic mass is 35.5. The maximum atomic E-state index is 12.0. The van der Waals surface area contributed by atoms with Crippen molar-refractivity contribution < 1.29 is 14.3 Å². The zero-order chi connectivity index (χ0) is 17.0. The van der Waals surface area contributed by atoms with Crippen molar-refractivity contribution in [2.75, 3.05) is 6.61 Å². The van der Waals surface area contributed by atoms with E-state index in [1.54, 1.807) is 0 Å². The Balaban J connectivity index is 1.84. The molecule has 1 saturated carbocycles. The molecule has 0 bridgehead atoms. The van der Waals surface area contributed by atoms with Crippen LogP contribution >= 0.6 is 23.2 Å². The molecule has 1 amide bonds. The van der Waals surface area contributed by atoms with Gasteiger partial charge in [0.05, 0.1) is 15.6 Å². The van der Waals surface area contributed by atoms with Gasteiger partial charge in [0.25, 0.3) is 5.91 Å². The van der Waals surface area contributed by atoms with Gasteiger partial charge in [-0.2, -0.15) is 0 Å². The summed E-state index contributed by atoms with van der Waals surface area (Å²) >= 11 is 11.7. The van der Waals surface area contributed by atoms with Crippen molar-refractivity contribution in [3.63, 3.8) is 0 Å². The van der Waals surface area contributed by atoms with Crippen molar-refractivity contribution >= 4 is 35.1 Å². The summed E-state index contributed by atoms with van der Waals surface area (Å²) in [4.78, 5) is 23.9. The standard InChI is InChI=1S/C17H21Cl2NO3/c1-10-4-3-5-15(11(10)2)20-16(21)9-23-17(22)12-6-7-13(18)14(19)8-12/h6-8,10-11,15H,3-5,9H2,1-2H3,(H,20,21)/t10-,11-,15+/m1/s1. The Morgan fingerprint density at radius 3 is 2.65 bits per heavy atom. The molecule has 0 aliphatic heterocycles. The quantitative estimate of drug-likeness (QED) is 0.825. The summed E-state index contributed by atoms with van der Waals surface area (Å²) in [5.74, 6) is 0.152. The van der Waals surface area contributed by atoms with Gasteiger partial charge in [0.2, 0.25) is 0 Å². The molecule has 0 radical (unpaired) electrons. The van der Waals surface area contributed by atoms with Crippen LogP contribution in [0.4, 0.5) is 0 Å². The molecular weight excluding hydrogens is 337 g/mol. The molecule has 3 atom stereocenters. The number of nitrogens with one attached hydrogen (secondary N) is 1. The Morgan fingerprint density at radius 2 is 1.96 bits per heavy atom. The molecule has 1 aliphatic carbocycles. The van der Waals surface area contributed by atoms with Gasteiger partial charge in [-0.05, 0) is 36.5 Å². The average Bonchev–Trinajstić information content (AvgIpc) is 2.52. The van der Waals surface area contributed by atoms with E-state index in [2.05, 4.69) is 19.2 Å². The van der Waals surface area contributed by atoms with Crippen LogP contribution in [0.15, 0.2) is 18.2 Å². The SMILES string of the molecule is C[C@@H]1[C@H](C)CCC[C@@H]1NC(=O)COC(=O)c1ccc(Cl)c(Cl)c1. The Bertz CT molecular complexity index is 591. The molecule has 1 aromatic carbocycles. The lowest BCUT2D eigenvalue weighted by molar-refractivity contribution is -0.125. The molecule has 23 heavy (non-hydrogen) atoms. The lowest BCUT2D eigenvalue weighted by Crippen LogP contribution is -2.45. The second-order valence-electron chi connectivity index (χ2n) is 6.15. The molecular formula is C17H21Cl2NO3. The fraction of sp³-hybridized carbons (Fsp3) is 0.529. The normalized spacial score (nSPS) is 24.1. The van der Waals surface area contributed by atoms with Gasteiger partial charge in [0, 0.05) is 6.04 Å². The fourth-order valence-electron chi connectivity index (χ4n) is 2.87. The Kier molecular flexibility index (Phi) is 6.31. The van der Waals surface area contributed by atoms with Crippen molar-refractivity contribution in [1.82, 2.24) is 5.32 Å². The molecule has 126 valence electrons. The highest BCUT2D eigenvalue weighted by Gasteiger charge is 2.28. The van der Waals surface area contributed by atoms with Crippen LogP contribution in [0.5, 0.6) is 0 Å². The fourth-order valence-corrected chi connectivity index (χ4v) is 3.17. The summed E-state index contributed by atoms with van der Waals surface area (Å²) in [5, 5.41) is 3.60. The highest BCUT2D eigenvalue weighted by molar-refractivity contribution is 6.42. The Morgan fingerprint density at radius 1 is 1.22 bits per heavy atom. The first-order valence-electron chi connectivity index (χ1n) is 7.80. The topological polar surface area (TPSA) is 55.4 Å². The zero-order valence-electron chi connectivity index (χ0n) is 13.3. The molecule has 0 saturated heterocycles. The summed E-state index contributed by atoms with van der Waals surface area (Å²) < 4.78 is 5.04. The predicted octanol–water partition coefficient (Wildman–Crippen LogP) is 4.09. The van der Waals surface area contributed by atoms with E-state index in [1.165, 1.54) is 24.6 Å². The first-order chi connectivity index (χ1) is 10.9. The van der Waals surface area contributed by atoms with Gasteiger partial charge in [0.15, 0.2) is 6.61 Å². The first kappa shape index (κ1) is 18.1. The number of carbonyl (C=O) groups is 2. The van der Waals surface area contributed by atoms with Gasteiger partial charge < -0.3 is 10.1 Å². The van der Waals surface area contributed by atoms with Gasteiger partial charge in [0.1, 0.15) is 0 Å². The van der Waals surface area contributed by atoms with Crippen LogP contribution in [0.25, 0.3) is 0 Å². The van der Waals surface area contributed by atoms with Crippen LogP contribution in [0.1, 0.15) is 43.5 Å². The van der Waals surface area contributed by atoms with E-state index >= 15 is 0 Å². The number of hydrogen-bond acceptors (Lipinski definition) is 3. The van der Waals surface area contributed by atoms with Crippen molar-refractivity contribution in [3.05, 3.63) is 33.8 Å². The predicted molar refractivity (Wildman–Crippen MR) is 90.9 cm³/mol. The van der Waals surface area contributed by atoms with Crippen molar-refractivity contribution in [2.45, 2.75) is 39.2 Å². The van der Waals surface area contributed by atoms with Gasteiger partial charge in [-0.25, -0.2) is 4.79 Å². The van der Waals surface area contributed by atoms with E-state index in [0.29, 0.717) is 16.9 Å². The van der Waals surface area contributed by atoms with Crippen LogP contribution in [0, 0.1) is 11.8 Å². The van der Waals surface area contributed by atoms with Gasteiger partial charge in [-0.3, -0.25) is 4.79 Å². The van der Waals surface area contributed by atoms with Crippen LogP contribution in [0.3, 0.4) is 0 Å². The van der Waals surface area contributed by atoms with Gasteiger partial charge in [-0.1, -0.05) is 49.9 Å². The van der Waals surface area contributed by atoms with Crippen LogP contribution in [-0.2, 0) is 9.53 Å². The summed E-state index contributed by atoms with van der Waals surface area (Å²) in [6, 6.07) is 4.61. The molecule has 1 aromatic rings. The summed E-state index contributed by atoms with van der Waals surface area (Å²) in [5.41, 5.74) is 0.270. The molecule has 0 spiro atoms. The van der Waals surface area contributed by atoms with E-state index < -0.39 is 5.97 Å². The monoisotopic (exact) mass is 357 g/mol. The number of carbonyl (C=O) groups excluding carboxylic acids is 2. The first-order valence-corrected chi connectivity index (χ1v) is 8.55. The van der Waals surface area contributed by atoms with Crippen molar-refractivity contribution in [2.24, 2.45) is 11.8 Å². The smallest absolute Gasteiger partial charge is 0.338 e. The molecule has 4 nitrogen and oxygen atoms in total. The van der Waals surface area contributed by atoms with E-state index in [9.17, 15) is 9.59 Å². The maximum absolute atomic E-state index is 12.0. The van der Waals surface area contributed by atoms with E-state index in [4.69, 9.17) is 27.9 Å². The summed E-state index contributed by atoms with van der Waals surface area (Å²) in [7, 11) is 0. The van der Waals surface area contributed by atoms with E-state index in [1.807, 2.05) is 0 Å². The second kappa shape index (κ2) is 8.02. The molecule has 2 rings (SSSR count). The third-order valence-corrected chi connectivity index (χ3v) is 5.28. The lowest BCUT2D eigenvalue weighted by Gasteiger charge is -2.34. The average molecular weight is 358 g/mol. The van der Waals surface area contributed by atoms with Crippen molar-refractivity contribution in [3.8, 4) is 0 Å². The molecule has 0 aromatic heterocycles. The largest absolute Gasteiger partial charge is 0.452 e. The van der Waals surface area contributed by atoms with Gasteiger partial charge in [-0.15, -0.1) is 0 Å². The number of amides is 1. The summed E-state index contributed by atoms with van der Waals surface area (Å²) in [6.07, 6.45) is 3.28. The van der Waals surface area contributed by atoms with Crippen LogP contribution < -0.4 is 5.32 Å². The van der Waals surface area contributed by atoms with E-state index in [0.717, 1.165) is 12.8 Å². The van der Waals surface area contributed by atoms with Crippen LogP contribution in [-0.4, -0.2) is 24.5 Å². The van der Waals surface area contributed by atoms with Gasteiger partial charge >= 0.3 is 5.97 Å². The Labute approximate surface area is 146 Å². The number of rotatable bonds is 4. The van der Waals surface area contributed by atoms with Crippen molar-refractivity contribution in [1.29, 1.82) is 0 Å². The molecule has 0 unspecified atom stereocenters. The third-order valence-electron chi connectivity index (χ3n) is 4.54. The highest BCUT2D eigenvalue weighted by Crippen LogP contribution is 2.29. The second-order valence-corrected chi connectivity index (χ2v) is 6.96.